The van der Waals surface area contributed by atoms with Crippen LogP contribution < -0.4 is 10.2 Å². The van der Waals surface area contributed by atoms with Crippen LogP contribution in [0.3, 0.4) is 0 Å². The summed E-state index contributed by atoms with van der Waals surface area (Å²) in [5, 5.41) is 3.43. The Morgan fingerprint density at radius 1 is 1.53 bits per heavy atom. The molecular weight excluding hydrogens is 278 g/mol. The van der Waals surface area contributed by atoms with Gasteiger partial charge >= 0.3 is 0 Å². The van der Waals surface area contributed by atoms with Crippen molar-refractivity contribution in [3.05, 3.63) is 22.3 Å². The molecule has 1 saturated heterocycles. The number of hydrogen-bond donors (Lipinski definition) is 1. The minimum atomic E-state index is 0.600. The molecule has 2 rings (SSSR count). The first-order valence-corrected chi connectivity index (χ1v) is 7.12. The van der Waals surface area contributed by atoms with Crippen LogP contribution in [0.5, 0.6) is 0 Å². The smallest absolute Gasteiger partial charge is 0.129 e. The van der Waals surface area contributed by atoms with Crippen molar-refractivity contribution in [3.8, 4) is 0 Å². The molecule has 2 heterocycles. The second-order valence-corrected chi connectivity index (χ2v) is 5.43. The lowest BCUT2D eigenvalue weighted by Gasteiger charge is -2.29. The van der Waals surface area contributed by atoms with Gasteiger partial charge in [0.1, 0.15) is 5.82 Å². The first-order valence-electron chi connectivity index (χ1n) is 6.33. The minimum Gasteiger partial charge on any atom is -0.352 e. The lowest BCUT2D eigenvalue weighted by Crippen LogP contribution is -2.38. The van der Waals surface area contributed by atoms with Gasteiger partial charge in [0, 0.05) is 23.6 Å². The van der Waals surface area contributed by atoms with Gasteiger partial charge in [0.2, 0.25) is 0 Å². The minimum absolute atomic E-state index is 0.600. The highest BCUT2D eigenvalue weighted by Crippen LogP contribution is 2.22. The van der Waals surface area contributed by atoms with Crippen molar-refractivity contribution >= 4 is 21.7 Å². The molecule has 1 aromatic heterocycles. The number of rotatable bonds is 4. The standard InChI is InChI=1S/C13H20BrN3/c1-3-8-17(11-6-7-15-9-11)13-5-4-12(14)10(2)16-13/h4-5,11,15H,3,6-9H2,1-2H3. The van der Waals surface area contributed by atoms with E-state index in [9.17, 15) is 0 Å². The number of halogens is 1. The van der Waals surface area contributed by atoms with Crippen LogP contribution in [0, 0.1) is 6.92 Å². The van der Waals surface area contributed by atoms with Crippen molar-refractivity contribution in [2.45, 2.75) is 32.7 Å². The number of hydrogen-bond acceptors (Lipinski definition) is 3. The highest BCUT2D eigenvalue weighted by molar-refractivity contribution is 9.10. The molecule has 0 spiro atoms. The molecule has 0 saturated carbocycles. The Hall–Kier alpha value is -0.610. The Bertz CT molecular complexity index is 375. The summed E-state index contributed by atoms with van der Waals surface area (Å²) in [7, 11) is 0. The Kier molecular flexibility index (Phi) is 4.40. The van der Waals surface area contributed by atoms with Crippen LogP contribution in [0.1, 0.15) is 25.5 Å². The van der Waals surface area contributed by atoms with Crippen molar-refractivity contribution < 1.29 is 0 Å². The average Bonchev–Trinajstić information content (AvgIpc) is 2.83. The molecule has 94 valence electrons. The third-order valence-corrected chi connectivity index (χ3v) is 4.08. The Morgan fingerprint density at radius 2 is 2.35 bits per heavy atom. The highest BCUT2D eigenvalue weighted by atomic mass is 79.9. The summed E-state index contributed by atoms with van der Waals surface area (Å²) >= 11 is 3.51. The topological polar surface area (TPSA) is 28.2 Å². The number of nitrogens with zero attached hydrogens (tertiary/aromatic N) is 2. The van der Waals surface area contributed by atoms with Gasteiger partial charge in [-0.25, -0.2) is 4.98 Å². The fourth-order valence-electron chi connectivity index (χ4n) is 2.32. The number of aromatic nitrogens is 1. The van der Waals surface area contributed by atoms with Crippen LogP contribution in [-0.4, -0.2) is 30.7 Å². The Labute approximate surface area is 112 Å². The van der Waals surface area contributed by atoms with E-state index in [1.165, 1.54) is 6.42 Å². The molecule has 1 unspecified atom stereocenters. The summed E-state index contributed by atoms with van der Waals surface area (Å²) in [4.78, 5) is 7.13. The van der Waals surface area contributed by atoms with E-state index in [1.807, 2.05) is 6.92 Å². The maximum absolute atomic E-state index is 4.69. The van der Waals surface area contributed by atoms with E-state index in [4.69, 9.17) is 0 Å². The van der Waals surface area contributed by atoms with Gasteiger partial charge in [-0.3, -0.25) is 0 Å². The zero-order chi connectivity index (χ0) is 12.3. The van der Waals surface area contributed by atoms with Gasteiger partial charge in [-0.15, -0.1) is 0 Å². The van der Waals surface area contributed by atoms with E-state index in [0.717, 1.165) is 42.0 Å². The third kappa shape index (κ3) is 2.99. The van der Waals surface area contributed by atoms with E-state index >= 15 is 0 Å². The molecule has 0 aromatic carbocycles. The van der Waals surface area contributed by atoms with Gasteiger partial charge in [0.05, 0.1) is 5.69 Å². The second-order valence-electron chi connectivity index (χ2n) is 4.58. The number of anilines is 1. The molecule has 3 nitrogen and oxygen atoms in total. The predicted octanol–water partition coefficient (Wildman–Crippen LogP) is 2.73. The molecule has 1 aromatic rings. The zero-order valence-corrected chi connectivity index (χ0v) is 12.1. The van der Waals surface area contributed by atoms with E-state index in [2.05, 4.69) is 50.2 Å². The van der Waals surface area contributed by atoms with E-state index in [-0.39, 0.29) is 0 Å². The van der Waals surface area contributed by atoms with Gasteiger partial charge in [0.15, 0.2) is 0 Å². The van der Waals surface area contributed by atoms with Crippen molar-refractivity contribution in [2.75, 3.05) is 24.5 Å². The molecule has 1 aliphatic rings. The first kappa shape index (κ1) is 12.8. The molecule has 17 heavy (non-hydrogen) atoms. The maximum atomic E-state index is 4.69. The van der Waals surface area contributed by atoms with Crippen molar-refractivity contribution in [1.82, 2.24) is 10.3 Å². The molecular formula is C13H20BrN3. The second kappa shape index (κ2) is 5.83. The van der Waals surface area contributed by atoms with Crippen LogP contribution in [0.25, 0.3) is 0 Å². The molecule has 0 radical (unpaired) electrons. The SMILES string of the molecule is CCCN(c1ccc(Br)c(C)n1)C1CCNC1. The lowest BCUT2D eigenvalue weighted by atomic mass is 10.2. The quantitative estimate of drug-likeness (QED) is 0.926. The summed E-state index contributed by atoms with van der Waals surface area (Å²) in [6.07, 6.45) is 2.38. The third-order valence-electron chi connectivity index (χ3n) is 3.24. The first-order chi connectivity index (χ1) is 8.22. The summed E-state index contributed by atoms with van der Waals surface area (Å²) < 4.78 is 1.09. The molecule has 1 N–H and O–H groups in total. The lowest BCUT2D eigenvalue weighted by molar-refractivity contribution is 0.617. The Balaban J connectivity index is 2.21. The summed E-state index contributed by atoms with van der Waals surface area (Å²) in [6.45, 7) is 7.56. The summed E-state index contributed by atoms with van der Waals surface area (Å²) in [5.74, 6) is 1.11. The number of pyridine rings is 1. The van der Waals surface area contributed by atoms with E-state index in [0.29, 0.717) is 6.04 Å². The molecule has 4 heteroatoms. The van der Waals surface area contributed by atoms with Gasteiger partial charge in [0.25, 0.3) is 0 Å². The largest absolute Gasteiger partial charge is 0.352 e. The number of nitrogens with one attached hydrogen (secondary N) is 1. The zero-order valence-electron chi connectivity index (χ0n) is 10.5. The summed E-state index contributed by atoms with van der Waals surface area (Å²) in [6, 6.07) is 4.82. The van der Waals surface area contributed by atoms with Crippen LogP contribution >= 0.6 is 15.9 Å². The molecule has 0 aliphatic carbocycles. The van der Waals surface area contributed by atoms with Crippen molar-refractivity contribution in [1.29, 1.82) is 0 Å². The maximum Gasteiger partial charge on any atom is 0.129 e. The van der Waals surface area contributed by atoms with Crippen LogP contribution in [0.15, 0.2) is 16.6 Å². The molecule has 0 bridgehead atoms. The van der Waals surface area contributed by atoms with Crippen LogP contribution in [-0.2, 0) is 0 Å². The van der Waals surface area contributed by atoms with Crippen LogP contribution in [0.2, 0.25) is 0 Å². The Morgan fingerprint density at radius 3 is 2.94 bits per heavy atom. The van der Waals surface area contributed by atoms with Gasteiger partial charge in [-0.2, -0.15) is 0 Å². The van der Waals surface area contributed by atoms with E-state index in [1.54, 1.807) is 0 Å². The normalized spacial score (nSPS) is 19.6. The molecule has 1 atom stereocenters. The van der Waals surface area contributed by atoms with Crippen LogP contribution in [0.4, 0.5) is 5.82 Å². The van der Waals surface area contributed by atoms with Gasteiger partial charge < -0.3 is 10.2 Å². The number of aryl methyl sites for hydroxylation is 1. The average molecular weight is 298 g/mol. The monoisotopic (exact) mass is 297 g/mol. The van der Waals surface area contributed by atoms with Gasteiger partial charge in [-0.1, -0.05) is 6.92 Å². The van der Waals surface area contributed by atoms with E-state index < -0.39 is 0 Å². The molecule has 1 aliphatic heterocycles. The molecule has 1 fully saturated rings. The van der Waals surface area contributed by atoms with Gasteiger partial charge in [-0.05, 0) is 54.4 Å². The fourth-order valence-corrected chi connectivity index (χ4v) is 2.54. The highest BCUT2D eigenvalue weighted by Gasteiger charge is 2.22. The van der Waals surface area contributed by atoms with Crippen molar-refractivity contribution in [3.63, 3.8) is 0 Å². The summed E-state index contributed by atoms with van der Waals surface area (Å²) in [5.41, 5.74) is 1.06. The van der Waals surface area contributed by atoms with Crippen molar-refractivity contribution in [2.24, 2.45) is 0 Å². The fraction of sp³-hybridized carbons (Fsp3) is 0.615. The molecule has 0 amide bonds. The predicted molar refractivity (Wildman–Crippen MR) is 75.6 cm³/mol.